The van der Waals surface area contributed by atoms with Gasteiger partial charge in [-0.1, -0.05) is 22.0 Å². The van der Waals surface area contributed by atoms with Gasteiger partial charge in [0.1, 0.15) is 5.75 Å². The van der Waals surface area contributed by atoms with E-state index in [0.29, 0.717) is 17.3 Å². The molecule has 1 aliphatic rings. The van der Waals surface area contributed by atoms with Gasteiger partial charge in [0.15, 0.2) is 11.5 Å². The number of nitrogens with zero attached hydrogens (tertiary/aromatic N) is 4. The molecule has 1 aromatic carbocycles. The third-order valence-electron chi connectivity index (χ3n) is 4.33. The lowest BCUT2D eigenvalue weighted by Crippen LogP contribution is -2.21. The lowest BCUT2D eigenvalue weighted by molar-refractivity contribution is 0.102. The van der Waals surface area contributed by atoms with Crippen LogP contribution in [0.3, 0.4) is 0 Å². The van der Waals surface area contributed by atoms with Crippen LogP contribution in [-0.2, 0) is 0 Å². The van der Waals surface area contributed by atoms with Crippen LogP contribution in [0.5, 0.6) is 11.6 Å². The SMILES string of the molecule is O=C(Nc1ccc(Oc2cccc(Br)c2)nc1)c1ccc(N2CCCC2)nn1. The van der Waals surface area contributed by atoms with Crippen LogP contribution in [0.2, 0.25) is 0 Å². The van der Waals surface area contributed by atoms with Gasteiger partial charge in [-0.15, -0.1) is 10.2 Å². The van der Waals surface area contributed by atoms with Crippen molar-refractivity contribution < 1.29 is 9.53 Å². The van der Waals surface area contributed by atoms with Crippen molar-refractivity contribution in [2.45, 2.75) is 12.8 Å². The van der Waals surface area contributed by atoms with Gasteiger partial charge < -0.3 is 15.0 Å². The van der Waals surface area contributed by atoms with Crippen molar-refractivity contribution in [1.82, 2.24) is 15.2 Å². The van der Waals surface area contributed by atoms with Gasteiger partial charge >= 0.3 is 0 Å². The van der Waals surface area contributed by atoms with Crippen molar-refractivity contribution in [2.24, 2.45) is 0 Å². The molecule has 3 heterocycles. The highest BCUT2D eigenvalue weighted by Gasteiger charge is 2.15. The molecule has 0 bridgehead atoms. The molecule has 0 unspecified atom stereocenters. The van der Waals surface area contributed by atoms with E-state index in [2.05, 4.69) is 41.3 Å². The normalized spacial score (nSPS) is 13.4. The molecule has 1 aliphatic heterocycles. The summed E-state index contributed by atoms with van der Waals surface area (Å²) >= 11 is 3.40. The van der Waals surface area contributed by atoms with Crippen LogP contribution in [0, 0.1) is 0 Å². The van der Waals surface area contributed by atoms with Gasteiger partial charge in [-0.3, -0.25) is 4.79 Å². The minimum Gasteiger partial charge on any atom is -0.439 e. The number of carbonyl (C=O) groups is 1. The van der Waals surface area contributed by atoms with E-state index in [1.165, 1.54) is 6.20 Å². The van der Waals surface area contributed by atoms with Crippen LogP contribution in [0.25, 0.3) is 0 Å². The quantitative estimate of drug-likeness (QED) is 0.638. The molecule has 1 saturated heterocycles. The van der Waals surface area contributed by atoms with E-state index in [1.54, 1.807) is 18.2 Å². The number of rotatable bonds is 5. The molecule has 2 aromatic heterocycles. The summed E-state index contributed by atoms with van der Waals surface area (Å²) in [6.45, 7) is 1.97. The van der Waals surface area contributed by atoms with Crippen LogP contribution in [0.15, 0.2) is 59.2 Å². The largest absolute Gasteiger partial charge is 0.439 e. The molecule has 8 heteroatoms. The molecule has 1 fully saturated rings. The van der Waals surface area contributed by atoms with Gasteiger partial charge in [0.05, 0.1) is 11.9 Å². The number of amides is 1. The zero-order chi connectivity index (χ0) is 19.3. The van der Waals surface area contributed by atoms with E-state index < -0.39 is 0 Å². The third-order valence-corrected chi connectivity index (χ3v) is 4.82. The zero-order valence-electron chi connectivity index (χ0n) is 15.0. The summed E-state index contributed by atoms with van der Waals surface area (Å²) in [6.07, 6.45) is 3.87. The lowest BCUT2D eigenvalue weighted by atomic mass is 10.3. The number of benzene rings is 1. The van der Waals surface area contributed by atoms with Crippen molar-refractivity contribution >= 4 is 33.3 Å². The maximum Gasteiger partial charge on any atom is 0.276 e. The Balaban J connectivity index is 1.37. The van der Waals surface area contributed by atoms with Gasteiger partial charge in [0, 0.05) is 23.6 Å². The van der Waals surface area contributed by atoms with Crippen LogP contribution in [-0.4, -0.2) is 34.2 Å². The molecule has 7 nitrogen and oxygen atoms in total. The van der Waals surface area contributed by atoms with Crippen molar-refractivity contribution in [2.75, 3.05) is 23.3 Å². The number of hydrogen-bond donors (Lipinski definition) is 1. The first-order chi connectivity index (χ1) is 13.7. The molecule has 142 valence electrons. The summed E-state index contributed by atoms with van der Waals surface area (Å²) < 4.78 is 6.61. The second-order valence-electron chi connectivity index (χ2n) is 6.37. The maximum atomic E-state index is 12.4. The number of halogens is 1. The average Bonchev–Trinajstić information content (AvgIpc) is 3.24. The van der Waals surface area contributed by atoms with E-state index in [4.69, 9.17) is 4.74 Å². The van der Waals surface area contributed by atoms with Crippen molar-refractivity contribution in [3.63, 3.8) is 0 Å². The van der Waals surface area contributed by atoms with E-state index in [-0.39, 0.29) is 11.6 Å². The summed E-state index contributed by atoms with van der Waals surface area (Å²) in [7, 11) is 0. The molecule has 0 aliphatic carbocycles. The number of ether oxygens (including phenoxy) is 1. The number of anilines is 2. The van der Waals surface area contributed by atoms with E-state index in [9.17, 15) is 4.79 Å². The fourth-order valence-corrected chi connectivity index (χ4v) is 3.30. The molecular formula is C20H18BrN5O2. The van der Waals surface area contributed by atoms with E-state index in [1.807, 2.05) is 30.3 Å². The Morgan fingerprint density at radius 2 is 1.93 bits per heavy atom. The summed E-state index contributed by atoms with van der Waals surface area (Å²) in [5.41, 5.74) is 0.814. The first-order valence-corrected chi connectivity index (χ1v) is 9.76. The monoisotopic (exact) mass is 439 g/mol. The lowest BCUT2D eigenvalue weighted by Gasteiger charge is -2.15. The van der Waals surface area contributed by atoms with Crippen molar-refractivity contribution in [3.8, 4) is 11.6 Å². The van der Waals surface area contributed by atoms with E-state index >= 15 is 0 Å². The van der Waals surface area contributed by atoms with Crippen LogP contribution >= 0.6 is 15.9 Å². The summed E-state index contributed by atoms with van der Waals surface area (Å²) in [5.74, 6) is 1.59. The Kier molecular flexibility index (Phi) is 5.48. The number of aromatic nitrogens is 3. The molecule has 0 atom stereocenters. The van der Waals surface area contributed by atoms with Gasteiger partial charge in [-0.05, 0) is 49.2 Å². The predicted octanol–water partition coefficient (Wildman–Crippen LogP) is 4.28. The summed E-state index contributed by atoms with van der Waals surface area (Å²) in [6, 6.07) is 14.4. The minimum absolute atomic E-state index is 0.261. The maximum absolute atomic E-state index is 12.4. The third kappa shape index (κ3) is 4.45. The fourth-order valence-electron chi connectivity index (χ4n) is 2.92. The molecule has 1 N–H and O–H groups in total. The van der Waals surface area contributed by atoms with Gasteiger partial charge in [0.25, 0.3) is 5.91 Å². The highest BCUT2D eigenvalue weighted by atomic mass is 79.9. The number of pyridine rings is 1. The smallest absolute Gasteiger partial charge is 0.276 e. The van der Waals surface area contributed by atoms with Crippen LogP contribution in [0.1, 0.15) is 23.3 Å². The Labute approximate surface area is 170 Å². The summed E-state index contributed by atoms with van der Waals surface area (Å²) in [5, 5.41) is 11.0. The number of carbonyl (C=O) groups excluding carboxylic acids is 1. The van der Waals surface area contributed by atoms with Crippen LogP contribution < -0.4 is 15.0 Å². The second kappa shape index (κ2) is 8.35. The first kappa shape index (κ1) is 18.4. The Morgan fingerprint density at radius 3 is 2.61 bits per heavy atom. The van der Waals surface area contributed by atoms with E-state index in [0.717, 1.165) is 36.2 Å². The molecule has 28 heavy (non-hydrogen) atoms. The second-order valence-corrected chi connectivity index (χ2v) is 7.29. The zero-order valence-corrected chi connectivity index (χ0v) is 16.6. The molecule has 0 radical (unpaired) electrons. The number of nitrogens with one attached hydrogen (secondary N) is 1. The van der Waals surface area contributed by atoms with Crippen molar-refractivity contribution in [3.05, 3.63) is 64.9 Å². The average molecular weight is 440 g/mol. The number of hydrogen-bond acceptors (Lipinski definition) is 6. The Hall–Kier alpha value is -3.00. The fraction of sp³-hybridized carbons (Fsp3) is 0.200. The summed E-state index contributed by atoms with van der Waals surface area (Å²) in [4.78, 5) is 18.8. The first-order valence-electron chi connectivity index (χ1n) is 8.97. The predicted molar refractivity (Wildman–Crippen MR) is 110 cm³/mol. The topological polar surface area (TPSA) is 80.2 Å². The molecule has 4 rings (SSSR count). The molecular weight excluding hydrogens is 422 g/mol. The van der Waals surface area contributed by atoms with Crippen molar-refractivity contribution in [1.29, 1.82) is 0 Å². The van der Waals surface area contributed by atoms with Crippen LogP contribution in [0.4, 0.5) is 11.5 Å². The molecule has 0 spiro atoms. The molecule has 3 aromatic rings. The molecule has 0 saturated carbocycles. The van der Waals surface area contributed by atoms with Gasteiger partial charge in [0.2, 0.25) is 5.88 Å². The minimum atomic E-state index is -0.331. The van der Waals surface area contributed by atoms with Gasteiger partial charge in [-0.25, -0.2) is 4.98 Å². The Morgan fingerprint density at radius 1 is 1.07 bits per heavy atom. The molecule has 1 amide bonds. The Bertz CT molecular complexity index is 957. The van der Waals surface area contributed by atoms with Gasteiger partial charge in [-0.2, -0.15) is 0 Å². The highest BCUT2D eigenvalue weighted by molar-refractivity contribution is 9.10. The standard InChI is InChI=1S/C20H18BrN5O2/c21-14-4-3-5-16(12-14)28-19-9-6-15(13-22-19)23-20(27)17-7-8-18(25-24-17)26-10-1-2-11-26/h3-9,12-13H,1-2,10-11H2,(H,23,27). The highest BCUT2D eigenvalue weighted by Crippen LogP contribution is 2.23.